The third kappa shape index (κ3) is 4.61. The molecule has 0 aromatic carbocycles. The zero-order valence-corrected chi connectivity index (χ0v) is 13.0. The smallest absolute Gasteiger partial charge is 0.317 e. The minimum atomic E-state index is -0.728. The van der Waals surface area contributed by atoms with Crippen molar-refractivity contribution in [2.24, 2.45) is 11.8 Å². The third-order valence-corrected chi connectivity index (χ3v) is 4.96. The number of carboxylic acid groups (broad SMARTS) is 1. The normalized spacial score (nSPS) is 25.1. The number of rotatable bonds is 8. The van der Waals surface area contributed by atoms with Gasteiger partial charge in [-0.2, -0.15) is 0 Å². The van der Waals surface area contributed by atoms with Gasteiger partial charge in [-0.05, 0) is 43.9 Å². The van der Waals surface area contributed by atoms with Crippen molar-refractivity contribution in [3.8, 4) is 0 Å². The van der Waals surface area contributed by atoms with Gasteiger partial charge >= 0.3 is 12.0 Å². The van der Waals surface area contributed by atoms with Crippen molar-refractivity contribution >= 4 is 12.0 Å². The Morgan fingerprint density at radius 1 is 1.29 bits per heavy atom. The number of likely N-dealkylation sites (tertiary alicyclic amines) is 1. The topological polar surface area (TPSA) is 69.6 Å². The highest BCUT2D eigenvalue weighted by molar-refractivity contribution is 5.75. The number of hydrogen-bond donors (Lipinski definition) is 2. The summed E-state index contributed by atoms with van der Waals surface area (Å²) in [5.74, 6) is 0.402. The molecule has 1 saturated heterocycles. The third-order valence-electron chi connectivity index (χ3n) is 4.96. The maximum atomic E-state index is 12.2. The quantitative estimate of drug-likeness (QED) is 0.723. The summed E-state index contributed by atoms with van der Waals surface area (Å²) in [7, 11) is 0. The van der Waals surface area contributed by atoms with Crippen LogP contribution in [0.5, 0.6) is 0 Å². The van der Waals surface area contributed by atoms with E-state index >= 15 is 0 Å². The van der Waals surface area contributed by atoms with E-state index in [0.29, 0.717) is 24.9 Å². The molecule has 2 N–H and O–H groups in total. The van der Waals surface area contributed by atoms with Crippen molar-refractivity contribution < 1.29 is 14.7 Å². The van der Waals surface area contributed by atoms with Crippen molar-refractivity contribution in [1.82, 2.24) is 10.2 Å². The van der Waals surface area contributed by atoms with Crippen molar-refractivity contribution in [2.45, 2.75) is 64.3 Å². The Kier molecular flexibility index (Phi) is 5.88. The summed E-state index contributed by atoms with van der Waals surface area (Å²) in [5, 5.41) is 11.8. The van der Waals surface area contributed by atoms with Crippen LogP contribution in [0, 0.1) is 11.8 Å². The number of aliphatic carboxylic acids is 1. The van der Waals surface area contributed by atoms with Gasteiger partial charge in [0, 0.05) is 25.6 Å². The second-order valence-corrected chi connectivity index (χ2v) is 6.59. The standard InChI is InChI=1S/C16H28N2O3/c1-2-3-12(5-7-15(19)20)8-9-17-16(21)18-11-13-4-6-14(18)10-13/h12-14H,2-11H2,1H3,(H,17,21)(H,19,20). The van der Waals surface area contributed by atoms with Gasteiger partial charge in [0.25, 0.3) is 0 Å². The molecular formula is C16H28N2O3. The van der Waals surface area contributed by atoms with E-state index in [1.165, 1.54) is 12.8 Å². The molecule has 21 heavy (non-hydrogen) atoms. The zero-order chi connectivity index (χ0) is 15.2. The zero-order valence-electron chi connectivity index (χ0n) is 13.0. The molecule has 3 atom stereocenters. The number of piperidine rings is 1. The van der Waals surface area contributed by atoms with E-state index in [1.807, 2.05) is 4.90 Å². The van der Waals surface area contributed by atoms with E-state index in [2.05, 4.69) is 12.2 Å². The first kappa shape index (κ1) is 16.1. The van der Waals surface area contributed by atoms with Crippen LogP contribution in [0.2, 0.25) is 0 Å². The van der Waals surface area contributed by atoms with Crippen molar-refractivity contribution in [2.75, 3.05) is 13.1 Å². The molecule has 0 radical (unpaired) electrons. The summed E-state index contributed by atoms with van der Waals surface area (Å²) in [6.45, 7) is 3.71. The van der Waals surface area contributed by atoms with Gasteiger partial charge in [0.1, 0.15) is 0 Å². The molecule has 1 aliphatic carbocycles. The molecule has 5 heteroatoms. The molecule has 1 aliphatic heterocycles. The van der Waals surface area contributed by atoms with Crippen LogP contribution in [-0.2, 0) is 4.79 Å². The highest BCUT2D eigenvalue weighted by atomic mass is 16.4. The first-order valence-electron chi connectivity index (χ1n) is 8.36. The summed E-state index contributed by atoms with van der Waals surface area (Å²) in [5.41, 5.74) is 0. The minimum absolute atomic E-state index is 0.0793. The number of urea groups is 1. The Morgan fingerprint density at radius 3 is 2.67 bits per heavy atom. The lowest BCUT2D eigenvalue weighted by atomic mass is 9.94. The molecule has 2 fully saturated rings. The van der Waals surface area contributed by atoms with Gasteiger partial charge in [-0.15, -0.1) is 0 Å². The van der Waals surface area contributed by atoms with Gasteiger partial charge in [-0.1, -0.05) is 19.8 Å². The molecule has 0 spiro atoms. The van der Waals surface area contributed by atoms with E-state index in [4.69, 9.17) is 5.11 Å². The average Bonchev–Trinajstić information content (AvgIpc) is 3.07. The Balaban J connectivity index is 1.66. The second-order valence-electron chi connectivity index (χ2n) is 6.59. The fourth-order valence-corrected chi connectivity index (χ4v) is 3.83. The van der Waals surface area contributed by atoms with Gasteiger partial charge in [0.15, 0.2) is 0 Å². The fourth-order valence-electron chi connectivity index (χ4n) is 3.83. The number of carboxylic acids is 1. The van der Waals surface area contributed by atoms with Crippen LogP contribution in [0.3, 0.4) is 0 Å². The van der Waals surface area contributed by atoms with E-state index in [0.717, 1.165) is 38.1 Å². The number of amides is 2. The summed E-state index contributed by atoms with van der Waals surface area (Å²) < 4.78 is 0. The lowest BCUT2D eigenvalue weighted by molar-refractivity contribution is -0.137. The van der Waals surface area contributed by atoms with Gasteiger partial charge in [-0.25, -0.2) is 4.79 Å². The molecule has 2 amide bonds. The molecule has 0 aromatic heterocycles. The molecule has 2 aliphatic rings. The van der Waals surface area contributed by atoms with Crippen LogP contribution in [0.25, 0.3) is 0 Å². The van der Waals surface area contributed by atoms with E-state index in [9.17, 15) is 9.59 Å². The number of nitrogens with one attached hydrogen (secondary N) is 1. The number of carbonyl (C=O) groups is 2. The van der Waals surface area contributed by atoms with Crippen LogP contribution in [0.15, 0.2) is 0 Å². The fraction of sp³-hybridized carbons (Fsp3) is 0.875. The molecule has 5 nitrogen and oxygen atoms in total. The molecule has 2 bridgehead atoms. The van der Waals surface area contributed by atoms with Gasteiger partial charge in [0.05, 0.1) is 0 Å². The number of nitrogens with zero attached hydrogens (tertiary/aromatic N) is 1. The first-order valence-corrected chi connectivity index (χ1v) is 8.36. The minimum Gasteiger partial charge on any atom is -0.481 e. The Labute approximate surface area is 127 Å². The SMILES string of the molecule is CCCC(CCNC(=O)N1CC2CCC1C2)CCC(=O)O. The lowest BCUT2D eigenvalue weighted by Crippen LogP contribution is -2.44. The van der Waals surface area contributed by atoms with E-state index in [1.54, 1.807) is 0 Å². The predicted octanol–water partition coefficient (Wildman–Crippen LogP) is 2.85. The summed E-state index contributed by atoms with van der Waals surface area (Å²) in [4.78, 5) is 24.8. The largest absolute Gasteiger partial charge is 0.481 e. The number of hydrogen-bond acceptors (Lipinski definition) is 2. The van der Waals surface area contributed by atoms with Crippen LogP contribution in [0.4, 0.5) is 4.79 Å². The van der Waals surface area contributed by atoms with Crippen molar-refractivity contribution in [3.05, 3.63) is 0 Å². The van der Waals surface area contributed by atoms with E-state index in [-0.39, 0.29) is 12.5 Å². The highest BCUT2D eigenvalue weighted by Crippen LogP contribution is 2.37. The summed E-state index contributed by atoms with van der Waals surface area (Å²) in [6, 6.07) is 0.545. The number of carbonyl (C=O) groups excluding carboxylic acids is 1. The van der Waals surface area contributed by atoms with Crippen molar-refractivity contribution in [1.29, 1.82) is 0 Å². The average molecular weight is 296 g/mol. The van der Waals surface area contributed by atoms with Gasteiger partial charge in [0.2, 0.25) is 0 Å². The second kappa shape index (κ2) is 7.66. The monoisotopic (exact) mass is 296 g/mol. The summed E-state index contributed by atoms with van der Waals surface area (Å²) >= 11 is 0. The predicted molar refractivity (Wildman–Crippen MR) is 81.1 cm³/mol. The lowest BCUT2D eigenvalue weighted by Gasteiger charge is -2.27. The molecule has 1 saturated carbocycles. The maximum Gasteiger partial charge on any atom is 0.317 e. The molecule has 1 heterocycles. The first-order chi connectivity index (χ1) is 10.1. The Morgan fingerprint density at radius 2 is 2.10 bits per heavy atom. The van der Waals surface area contributed by atoms with E-state index < -0.39 is 5.97 Å². The molecular weight excluding hydrogens is 268 g/mol. The maximum absolute atomic E-state index is 12.2. The molecule has 3 unspecified atom stereocenters. The van der Waals surface area contributed by atoms with Crippen LogP contribution >= 0.6 is 0 Å². The molecule has 120 valence electrons. The Bertz CT molecular complexity index is 373. The summed E-state index contributed by atoms with van der Waals surface area (Å²) in [6.07, 6.45) is 7.56. The van der Waals surface area contributed by atoms with Gasteiger partial charge < -0.3 is 15.3 Å². The molecule has 0 aromatic rings. The van der Waals surface area contributed by atoms with Crippen LogP contribution < -0.4 is 5.32 Å². The Hall–Kier alpha value is -1.26. The van der Waals surface area contributed by atoms with Crippen LogP contribution in [-0.4, -0.2) is 41.1 Å². The van der Waals surface area contributed by atoms with Crippen molar-refractivity contribution in [3.63, 3.8) is 0 Å². The highest BCUT2D eigenvalue weighted by Gasteiger charge is 2.40. The molecule has 2 rings (SSSR count). The van der Waals surface area contributed by atoms with Gasteiger partial charge in [-0.3, -0.25) is 4.79 Å². The van der Waals surface area contributed by atoms with Crippen LogP contribution in [0.1, 0.15) is 58.3 Å². The number of fused-ring (bicyclic) bond motifs is 2.